The number of rotatable bonds is 6. The zero-order chi connectivity index (χ0) is 15.4. The topological polar surface area (TPSA) is 75.7 Å². The van der Waals surface area contributed by atoms with Gasteiger partial charge in [-0.3, -0.25) is 5.10 Å². The van der Waals surface area contributed by atoms with Gasteiger partial charge in [0.1, 0.15) is 17.9 Å². The van der Waals surface area contributed by atoms with Gasteiger partial charge in [-0.1, -0.05) is 19.1 Å². The number of nitrogens with zero attached hydrogens (tertiary/aromatic N) is 3. The molecule has 114 valence electrons. The van der Waals surface area contributed by atoms with Crippen LogP contribution < -0.4 is 10.1 Å². The van der Waals surface area contributed by atoms with Crippen molar-refractivity contribution >= 4 is 16.9 Å². The molecule has 2 heterocycles. The largest absolute Gasteiger partial charge is 0.497 e. The second-order valence-corrected chi connectivity index (χ2v) is 5.24. The molecule has 2 aromatic heterocycles. The second-order valence-electron chi connectivity index (χ2n) is 5.24. The highest BCUT2D eigenvalue weighted by Gasteiger charge is 2.08. The molecule has 22 heavy (non-hydrogen) atoms. The van der Waals surface area contributed by atoms with Crippen LogP contribution in [0.4, 0.5) is 5.82 Å². The molecular weight excluding hydrogens is 278 g/mol. The van der Waals surface area contributed by atoms with E-state index in [1.54, 1.807) is 13.3 Å². The fourth-order valence-electron chi connectivity index (χ4n) is 2.41. The first-order chi connectivity index (χ1) is 10.8. The number of aromatic nitrogens is 4. The number of ether oxygens (including phenoxy) is 1. The highest BCUT2D eigenvalue weighted by molar-refractivity contribution is 5.85. The number of fused-ring (bicyclic) bond motifs is 1. The van der Waals surface area contributed by atoms with E-state index in [0.717, 1.165) is 35.6 Å². The monoisotopic (exact) mass is 297 g/mol. The van der Waals surface area contributed by atoms with Crippen LogP contribution >= 0.6 is 0 Å². The molecule has 0 saturated carbocycles. The first-order valence-electron chi connectivity index (χ1n) is 7.30. The second kappa shape index (κ2) is 6.43. The molecule has 6 heteroatoms. The smallest absolute Gasteiger partial charge is 0.160 e. The van der Waals surface area contributed by atoms with Crippen LogP contribution in [0.25, 0.3) is 11.0 Å². The lowest BCUT2D eigenvalue weighted by molar-refractivity contribution is 0.414. The van der Waals surface area contributed by atoms with E-state index in [-0.39, 0.29) is 0 Å². The van der Waals surface area contributed by atoms with Crippen molar-refractivity contribution in [3.05, 3.63) is 42.4 Å². The molecule has 0 amide bonds. The normalized spacial score (nSPS) is 12.3. The third-order valence-corrected chi connectivity index (χ3v) is 3.80. The summed E-state index contributed by atoms with van der Waals surface area (Å²) in [7, 11) is 1.68. The molecule has 2 N–H and O–H groups in total. The Bertz CT molecular complexity index is 738. The number of hydrogen-bond acceptors (Lipinski definition) is 5. The summed E-state index contributed by atoms with van der Waals surface area (Å²) < 4.78 is 5.19. The van der Waals surface area contributed by atoms with E-state index in [0.29, 0.717) is 5.92 Å². The average molecular weight is 297 g/mol. The molecule has 0 saturated heterocycles. The molecule has 0 aliphatic carbocycles. The van der Waals surface area contributed by atoms with Crippen LogP contribution in [0, 0.1) is 0 Å². The van der Waals surface area contributed by atoms with Gasteiger partial charge in [-0.2, -0.15) is 5.10 Å². The van der Waals surface area contributed by atoms with Gasteiger partial charge in [0, 0.05) is 6.54 Å². The van der Waals surface area contributed by atoms with E-state index in [2.05, 4.69) is 44.5 Å². The van der Waals surface area contributed by atoms with Crippen molar-refractivity contribution in [3.63, 3.8) is 0 Å². The molecule has 0 fully saturated rings. The van der Waals surface area contributed by atoms with Crippen LogP contribution in [-0.2, 0) is 0 Å². The summed E-state index contributed by atoms with van der Waals surface area (Å²) in [6.45, 7) is 3.06. The Labute approximate surface area is 128 Å². The van der Waals surface area contributed by atoms with Crippen LogP contribution in [0.5, 0.6) is 5.75 Å². The Balaban J connectivity index is 1.59. The van der Waals surface area contributed by atoms with E-state index in [4.69, 9.17) is 4.74 Å². The Hall–Kier alpha value is -2.63. The maximum atomic E-state index is 5.19. The van der Waals surface area contributed by atoms with E-state index >= 15 is 0 Å². The number of methoxy groups -OCH3 is 1. The molecule has 0 aliphatic heterocycles. The van der Waals surface area contributed by atoms with Crippen LogP contribution in [0.3, 0.4) is 0 Å². The predicted molar refractivity (Wildman–Crippen MR) is 86.2 cm³/mol. The van der Waals surface area contributed by atoms with Crippen molar-refractivity contribution in [1.82, 2.24) is 20.2 Å². The summed E-state index contributed by atoms with van der Waals surface area (Å²) >= 11 is 0. The van der Waals surface area contributed by atoms with Crippen LogP contribution in [0.15, 0.2) is 36.8 Å². The lowest BCUT2D eigenvalue weighted by Crippen LogP contribution is -2.07. The Morgan fingerprint density at radius 2 is 2.05 bits per heavy atom. The number of nitrogens with one attached hydrogen (secondary N) is 2. The lowest BCUT2D eigenvalue weighted by Gasteiger charge is -2.13. The van der Waals surface area contributed by atoms with Gasteiger partial charge in [0.05, 0.1) is 18.7 Å². The third-order valence-electron chi connectivity index (χ3n) is 3.80. The Kier molecular flexibility index (Phi) is 4.18. The van der Waals surface area contributed by atoms with Gasteiger partial charge in [0.2, 0.25) is 0 Å². The summed E-state index contributed by atoms with van der Waals surface area (Å²) in [6.07, 6.45) is 4.29. The van der Waals surface area contributed by atoms with Gasteiger partial charge in [0.15, 0.2) is 5.65 Å². The molecular formula is C16H19N5O. The quantitative estimate of drug-likeness (QED) is 0.731. The number of benzene rings is 1. The van der Waals surface area contributed by atoms with Crippen molar-refractivity contribution < 1.29 is 4.74 Å². The van der Waals surface area contributed by atoms with E-state index in [9.17, 15) is 0 Å². The van der Waals surface area contributed by atoms with Gasteiger partial charge >= 0.3 is 0 Å². The van der Waals surface area contributed by atoms with Crippen LogP contribution in [-0.4, -0.2) is 33.8 Å². The third kappa shape index (κ3) is 3.00. The first-order valence-corrected chi connectivity index (χ1v) is 7.30. The van der Waals surface area contributed by atoms with Gasteiger partial charge in [0.25, 0.3) is 0 Å². The standard InChI is InChI=1S/C16H19N5O/c1-11(12-3-5-13(22-2)6-4-12)7-8-17-15-14-9-20-21-16(14)19-10-18-15/h3-6,9-11H,7-8H2,1-2H3,(H2,17,18,19,20,21). The van der Waals surface area contributed by atoms with E-state index in [1.807, 2.05) is 12.1 Å². The molecule has 3 rings (SSSR count). The zero-order valence-electron chi connectivity index (χ0n) is 12.7. The molecule has 1 atom stereocenters. The van der Waals surface area contributed by atoms with Crippen molar-refractivity contribution in [2.24, 2.45) is 0 Å². The first kappa shape index (κ1) is 14.3. The average Bonchev–Trinajstić information content (AvgIpc) is 3.04. The molecule has 0 spiro atoms. The van der Waals surface area contributed by atoms with Gasteiger partial charge in [-0.05, 0) is 30.0 Å². The van der Waals surface area contributed by atoms with Crippen molar-refractivity contribution in [1.29, 1.82) is 0 Å². The zero-order valence-corrected chi connectivity index (χ0v) is 12.7. The van der Waals surface area contributed by atoms with Crippen molar-refractivity contribution in [3.8, 4) is 5.75 Å². The fourth-order valence-corrected chi connectivity index (χ4v) is 2.41. The summed E-state index contributed by atoms with van der Waals surface area (Å²) in [5.41, 5.74) is 2.06. The van der Waals surface area contributed by atoms with E-state index < -0.39 is 0 Å². The lowest BCUT2D eigenvalue weighted by atomic mass is 9.98. The summed E-state index contributed by atoms with van der Waals surface area (Å²) in [5, 5.41) is 11.1. The predicted octanol–water partition coefficient (Wildman–Crippen LogP) is 2.97. The number of anilines is 1. The van der Waals surface area contributed by atoms with Gasteiger partial charge in [-0.25, -0.2) is 9.97 Å². The maximum absolute atomic E-state index is 5.19. The van der Waals surface area contributed by atoms with Crippen LogP contribution in [0.1, 0.15) is 24.8 Å². The highest BCUT2D eigenvalue weighted by Crippen LogP contribution is 2.22. The minimum absolute atomic E-state index is 0.458. The van der Waals surface area contributed by atoms with Crippen molar-refractivity contribution in [2.75, 3.05) is 19.0 Å². The molecule has 6 nitrogen and oxygen atoms in total. The number of hydrogen-bond donors (Lipinski definition) is 2. The summed E-state index contributed by atoms with van der Waals surface area (Å²) in [5.74, 6) is 2.16. The molecule has 1 unspecified atom stereocenters. The summed E-state index contributed by atoms with van der Waals surface area (Å²) in [4.78, 5) is 8.40. The minimum atomic E-state index is 0.458. The minimum Gasteiger partial charge on any atom is -0.497 e. The van der Waals surface area contributed by atoms with Crippen LogP contribution in [0.2, 0.25) is 0 Å². The van der Waals surface area contributed by atoms with Gasteiger partial charge in [-0.15, -0.1) is 0 Å². The molecule has 1 aromatic carbocycles. The molecule has 0 radical (unpaired) electrons. The number of aromatic amines is 1. The van der Waals surface area contributed by atoms with Crippen molar-refractivity contribution in [2.45, 2.75) is 19.3 Å². The fraction of sp³-hybridized carbons (Fsp3) is 0.312. The molecule has 3 aromatic rings. The maximum Gasteiger partial charge on any atom is 0.160 e. The molecule has 0 aliphatic rings. The SMILES string of the molecule is COc1ccc(C(C)CCNc2ncnc3[nH]ncc23)cc1. The summed E-state index contributed by atoms with van der Waals surface area (Å²) in [6, 6.07) is 8.22. The highest BCUT2D eigenvalue weighted by atomic mass is 16.5. The molecule has 0 bridgehead atoms. The Morgan fingerprint density at radius 3 is 2.82 bits per heavy atom. The number of H-pyrrole nitrogens is 1. The van der Waals surface area contributed by atoms with Gasteiger partial charge < -0.3 is 10.1 Å². The van der Waals surface area contributed by atoms with E-state index in [1.165, 1.54) is 11.9 Å². The Morgan fingerprint density at radius 1 is 1.23 bits per heavy atom.